The van der Waals surface area contributed by atoms with Crippen LogP contribution in [0.4, 0.5) is 0 Å². The van der Waals surface area contributed by atoms with Crippen molar-refractivity contribution >= 4 is 5.91 Å². The SMILES string of the molecule is COc1cccc(CCC(=O)N2CCNCC2)c1OC. The first-order chi connectivity index (χ1) is 9.76. The quantitative estimate of drug-likeness (QED) is 0.875. The van der Waals surface area contributed by atoms with E-state index in [4.69, 9.17) is 9.47 Å². The Hall–Kier alpha value is -1.75. The highest BCUT2D eigenvalue weighted by atomic mass is 16.5. The number of benzene rings is 1. The Morgan fingerprint density at radius 1 is 1.25 bits per heavy atom. The second-order valence-electron chi connectivity index (χ2n) is 4.78. The number of nitrogens with zero attached hydrogens (tertiary/aromatic N) is 1. The molecule has 110 valence electrons. The number of methoxy groups -OCH3 is 2. The Morgan fingerprint density at radius 3 is 2.65 bits per heavy atom. The molecule has 5 nitrogen and oxygen atoms in total. The summed E-state index contributed by atoms with van der Waals surface area (Å²) in [5, 5.41) is 3.25. The molecule has 0 aliphatic carbocycles. The van der Waals surface area contributed by atoms with Gasteiger partial charge in [-0.15, -0.1) is 0 Å². The third-order valence-corrected chi connectivity index (χ3v) is 3.56. The zero-order chi connectivity index (χ0) is 14.4. The second-order valence-corrected chi connectivity index (χ2v) is 4.78. The average Bonchev–Trinajstić information content (AvgIpc) is 2.52. The van der Waals surface area contributed by atoms with E-state index >= 15 is 0 Å². The Labute approximate surface area is 119 Å². The molecule has 1 N–H and O–H groups in total. The molecule has 1 aliphatic rings. The van der Waals surface area contributed by atoms with E-state index in [1.807, 2.05) is 23.1 Å². The van der Waals surface area contributed by atoms with Crippen molar-refractivity contribution in [3.63, 3.8) is 0 Å². The summed E-state index contributed by atoms with van der Waals surface area (Å²) in [7, 11) is 3.24. The Bertz CT molecular complexity index is 456. The summed E-state index contributed by atoms with van der Waals surface area (Å²) in [6.07, 6.45) is 1.17. The summed E-state index contributed by atoms with van der Waals surface area (Å²) in [6, 6.07) is 5.76. The van der Waals surface area contributed by atoms with Crippen molar-refractivity contribution in [1.29, 1.82) is 0 Å². The van der Waals surface area contributed by atoms with Crippen molar-refractivity contribution in [3.8, 4) is 11.5 Å². The van der Waals surface area contributed by atoms with Crippen LogP contribution in [0.1, 0.15) is 12.0 Å². The van der Waals surface area contributed by atoms with Crippen LogP contribution in [0.5, 0.6) is 11.5 Å². The Morgan fingerprint density at radius 2 is 2.00 bits per heavy atom. The number of nitrogens with one attached hydrogen (secondary N) is 1. The van der Waals surface area contributed by atoms with Gasteiger partial charge < -0.3 is 19.7 Å². The predicted molar refractivity (Wildman–Crippen MR) is 77.3 cm³/mol. The second kappa shape index (κ2) is 7.14. The van der Waals surface area contributed by atoms with Gasteiger partial charge in [0.1, 0.15) is 0 Å². The van der Waals surface area contributed by atoms with Crippen LogP contribution in [-0.4, -0.2) is 51.2 Å². The topological polar surface area (TPSA) is 50.8 Å². The van der Waals surface area contributed by atoms with Crippen molar-refractivity contribution in [3.05, 3.63) is 23.8 Å². The van der Waals surface area contributed by atoms with Gasteiger partial charge in [0.05, 0.1) is 14.2 Å². The van der Waals surface area contributed by atoms with Gasteiger partial charge in [0.15, 0.2) is 11.5 Å². The maximum absolute atomic E-state index is 12.2. The molecule has 0 atom stereocenters. The van der Waals surface area contributed by atoms with Gasteiger partial charge in [0.2, 0.25) is 5.91 Å². The summed E-state index contributed by atoms with van der Waals surface area (Å²) in [6.45, 7) is 3.37. The summed E-state index contributed by atoms with van der Waals surface area (Å²) < 4.78 is 10.7. The smallest absolute Gasteiger partial charge is 0.222 e. The van der Waals surface area contributed by atoms with E-state index in [0.717, 1.165) is 37.5 Å². The lowest BCUT2D eigenvalue weighted by atomic mass is 10.1. The van der Waals surface area contributed by atoms with Gasteiger partial charge in [0, 0.05) is 32.6 Å². The molecule has 0 radical (unpaired) electrons. The zero-order valence-electron chi connectivity index (χ0n) is 12.1. The van der Waals surface area contributed by atoms with Crippen LogP contribution in [0.3, 0.4) is 0 Å². The van der Waals surface area contributed by atoms with E-state index in [1.54, 1.807) is 14.2 Å². The lowest BCUT2D eigenvalue weighted by Crippen LogP contribution is -2.46. The molecule has 1 heterocycles. The lowest BCUT2D eigenvalue weighted by molar-refractivity contribution is -0.131. The van der Waals surface area contributed by atoms with Crippen molar-refractivity contribution < 1.29 is 14.3 Å². The van der Waals surface area contributed by atoms with Crippen LogP contribution in [0.25, 0.3) is 0 Å². The minimum atomic E-state index is 0.205. The molecular formula is C15H22N2O3. The third kappa shape index (κ3) is 3.42. The van der Waals surface area contributed by atoms with Crippen molar-refractivity contribution in [2.45, 2.75) is 12.8 Å². The highest BCUT2D eigenvalue weighted by Crippen LogP contribution is 2.31. The van der Waals surface area contributed by atoms with Gasteiger partial charge in [-0.25, -0.2) is 0 Å². The predicted octanol–water partition coefficient (Wildman–Crippen LogP) is 1.07. The van der Waals surface area contributed by atoms with E-state index in [-0.39, 0.29) is 5.91 Å². The molecular weight excluding hydrogens is 256 g/mol. The fraction of sp³-hybridized carbons (Fsp3) is 0.533. The van der Waals surface area contributed by atoms with Crippen LogP contribution < -0.4 is 14.8 Å². The Balaban J connectivity index is 1.98. The molecule has 0 aromatic heterocycles. The van der Waals surface area contributed by atoms with E-state index < -0.39 is 0 Å². The first-order valence-corrected chi connectivity index (χ1v) is 6.94. The monoisotopic (exact) mass is 278 g/mol. The molecule has 2 rings (SSSR count). The molecule has 0 saturated carbocycles. The number of hydrogen-bond donors (Lipinski definition) is 1. The number of ether oxygens (including phenoxy) is 2. The number of rotatable bonds is 5. The minimum absolute atomic E-state index is 0.205. The molecule has 1 fully saturated rings. The summed E-state index contributed by atoms with van der Waals surface area (Å²) >= 11 is 0. The number of para-hydroxylation sites is 1. The van der Waals surface area contributed by atoms with Gasteiger partial charge in [0.25, 0.3) is 0 Å². The normalized spacial score (nSPS) is 15.0. The van der Waals surface area contributed by atoms with E-state index in [0.29, 0.717) is 18.6 Å². The van der Waals surface area contributed by atoms with Crippen LogP contribution in [-0.2, 0) is 11.2 Å². The molecule has 0 spiro atoms. The van der Waals surface area contributed by atoms with Crippen molar-refractivity contribution in [2.75, 3.05) is 40.4 Å². The number of amides is 1. The van der Waals surface area contributed by atoms with Crippen molar-refractivity contribution in [1.82, 2.24) is 10.2 Å². The number of carbonyl (C=O) groups is 1. The number of hydrogen-bond acceptors (Lipinski definition) is 4. The number of aryl methyl sites for hydroxylation is 1. The van der Waals surface area contributed by atoms with E-state index in [1.165, 1.54) is 0 Å². The van der Waals surface area contributed by atoms with Crippen LogP contribution in [0, 0.1) is 0 Å². The van der Waals surface area contributed by atoms with Crippen LogP contribution in [0.15, 0.2) is 18.2 Å². The van der Waals surface area contributed by atoms with E-state index in [9.17, 15) is 4.79 Å². The molecule has 1 aromatic rings. The molecule has 1 saturated heterocycles. The fourth-order valence-electron chi connectivity index (χ4n) is 2.46. The molecule has 1 aromatic carbocycles. The maximum atomic E-state index is 12.2. The third-order valence-electron chi connectivity index (χ3n) is 3.56. The largest absolute Gasteiger partial charge is 0.493 e. The number of carbonyl (C=O) groups excluding carboxylic acids is 1. The highest BCUT2D eigenvalue weighted by molar-refractivity contribution is 5.76. The van der Waals surface area contributed by atoms with Gasteiger partial charge in [-0.3, -0.25) is 4.79 Å². The summed E-state index contributed by atoms with van der Waals surface area (Å²) in [5.41, 5.74) is 1.01. The first kappa shape index (κ1) is 14.7. The van der Waals surface area contributed by atoms with Crippen LogP contribution >= 0.6 is 0 Å². The van der Waals surface area contributed by atoms with Gasteiger partial charge >= 0.3 is 0 Å². The van der Waals surface area contributed by atoms with Crippen molar-refractivity contribution in [2.24, 2.45) is 0 Å². The summed E-state index contributed by atoms with van der Waals surface area (Å²) in [4.78, 5) is 14.1. The van der Waals surface area contributed by atoms with E-state index in [2.05, 4.69) is 5.32 Å². The van der Waals surface area contributed by atoms with Gasteiger partial charge in [-0.1, -0.05) is 12.1 Å². The number of piperazine rings is 1. The standard InChI is InChI=1S/C15H22N2O3/c1-19-13-5-3-4-12(15(13)20-2)6-7-14(18)17-10-8-16-9-11-17/h3-5,16H,6-11H2,1-2H3. The molecule has 0 bridgehead atoms. The Kier molecular flexibility index (Phi) is 5.24. The van der Waals surface area contributed by atoms with Gasteiger partial charge in [-0.2, -0.15) is 0 Å². The molecule has 1 amide bonds. The molecule has 5 heteroatoms. The van der Waals surface area contributed by atoms with Crippen LogP contribution in [0.2, 0.25) is 0 Å². The highest BCUT2D eigenvalue weighted by Gasteiger charge is 2.17. The lowest BCUT2D eigenvalue weighted by Gasteiger charge is -2.27. The molecule has 1 aliphatic heterocycles. The van der Waals surface area contributed by atoms with Gasteiger partial charge in [-0.05, 0) is 18.1 Å². The zero-order valence-corrected chi connectivity index (χ0v) is 12.1. The minimum Gasteiger partial charge on any atom is -0.493 e. The average molecular weight is 278 g/mol. The fourth-order valence-corrected chi connectivity index (χ4v) is 2.46. The summed E-state index contributed by atoms with van der Waals surface area (Å²) in [5.74, 6) is 1.64. The first-order valence-electron chi connectivity index (χ1n) is 6.94. The molecule has 20 heavy (non-hydrogen) atoms. The molecule has 0 unspecified atom stereocenters. The maximum Gasteiger partial charge on any atom is 0.222 e.